The Hall–Kier alpha value is -1.32. The van der Waals surface area contributed by atoms with Gasteiger partial charge in [0.25, 0.3) is 0 Å². The molecule has 0 amide bonds. The second-order valence-corrected chi connectivity index (χ2v) is 5.16. The van der Waals surface area contributed by atoms with E-state index in [9.17, 15) is 0 Å². The van der Waals surface area contributed by atoms with Gasteiger partial charge in [0, 0.05) is 11.7 Å². The van der Waals surface area contributed by atoms with Gasteiger partial charge in [-0.1, -0.05) is 17.7 Å². The molecule has 1 unspecified atom stereocenters. The maximum atomic E-state index is 6.34. The number of aromatic nitrogens is 2. The summed E-state index contributed by atoms with van der Waals surface area (Å²) in [4.78, 5) is 4.29. The molecule has 2 aromatic rings. The molecular weight excluding hydrogens is 246 g/mol. The van der Waals surface area contributed by atoms with Gasteiger partial charge in [-0.3, -0.25) is 0 Å². The van der Waals surface area contributed by atoms with E-state index >= 15 is 0 Å². The molecule has 0 aliphatic rings. The van der Waals surface area contributed by atoms with Crippen LogP contribution in [0.15, 0.2) is 24.5 Å². The predicted octanol–water partition coefficient (Wildman–Crippen LogP) is 3.03. The molecular formula is C14H18ClN3. The molecule has 0 bridgehead atoms. The predicted molar refractivity (Wildman–Crippen MR) is 75.4 cm³/mol. The summed E-state index contributed by atoms with van der Waals surface area (Å²) in [5.74, 6) is 0. The highest BCUT2D eigenvalue weighted by Gasteiger charge is 2.09. The molecule has 0 aliphatic heterocycles. The minimum absolute atomic E-state index is 0.143. The Balaban J connectivity index is 2.38. The van der Waals surface area contributed by atoms with E-state index in [2.05, 4.69) is 11.1 Å². The van der Waals surface area contributed by atoms with Crippen LogP contribution in [0.1, 0.15) is 23.9 Å². The van der Waals surface area contributed by atoms with E-state index in [0.29, 0.717) is 0 Å². The van der Waals surface area contributed by atoms with Crippen LogP contribution < -0.4 is 5.73 Å². The van der Waals surface area contributed by atoms with E-state index in [1.165, 1.54) is 0 Å². The molecule has 1 aromatic carbocycles. The zero-order valence-electron chi connectivity index (χ0n) is 10.9. The van der Waals surface area contributed by atoms with Gasteiger partial charge in [-0.2, -0.15) is 0 Å². The third kappa shape index (κ3) is 2.57. The van der Waals surface area contributed by atoms with Gasteiger partial charge in [-0.15, -0.1) is 0 Å². The van der Waals surface area contributed by atoms with E-state index in [1.807, 2.05) is 37.5 Å². The number of hydrogen-bond acceptors (Lipinski definition) is 2. The van der Waals surface area contributed by atoms with Crippen LogP contribution in [-0.4, -0.2) is 15.6 Å². The maximum absolute atomic E-state index is 6.34. The van der Waals surface area contributed by atoms with E-state index in [-0.39, 0.29) is 6.04 Å². The van der Waals surface area contributed by atoms with E-state index in [0.717, 1.165) is 34.1 Å². The minimum atomic E-state index is 0.143. The first-order chi connectivity index (χ1) is 8.49. The Morgan fingerprint density at radius 1 is 1.39 bits per heavy atom. The lowest BCUT2D eigenvalue weighted by Gasteiger charge is -2.11. The number of rotatable bonds is 3. The summed E-state index contributed by atoms with van der Waals surface area (Å²) in [7, 11) is 0. The van der Waals surface area contributed by atoms with Gasteiger partial charge in [0.2, 0.25) is 0 Å². The van der Waals surface area contributed by atoms with Crippen LogP contribution in [0.25, 0.3) is 5.69 Å². The first kappa shape index (κ1) is 13.1. The van der Waals surface area contributed by atoms with Crippen LogP contribution in [0.2, 0.25) is 5.02 Å². The lowest BCUT2D eigenvalue weighted by Crippen LogP contribution is -2.17. The summed E-state index contributed by atoms with van der Waals surface area (Å²) < 4.78 is 2.01. The fourth-order valence-corrected chi connectivity index (χ4v) is 2.28. The van der Waals surface area contributed by atoms with Crippen LogP contribution >= 0.6 is 11.6 Å². The maximum Gasteiger partial charge on any atom is 0.0997 e. The van der Waals surface area contributed by atoms with Gasteiger partial charge in [0.05, 0.1) is 22.7 Å². The number of halogens is 1. The van der Waals surface area contributed by atoms with Crippen molar-refractivity contribution in [2.24, 2.45) is 5.73 Å². The first-order valence-corrected chi connectivity index (χ1v) is 6.41. The highest BCUT2D eigenvalue weighted by Crippen LogP contribution is 2.24. The standard InChI is InChI=1S/C14H18ClN3/c1-9(16)6-12-4-5-14(13(15)7-12)18-8-17-10(2)11(18)3/h4-5,7-9H,6,16H2,1-3H3. The SMILES string of the molecule is Cc1ncn(-c2ccc(CC(C)N)cc2Cl)c1C. The van der Waals surface area contributed by atoms with Crippen molar-refractivity contribution in [1.82, 2.24) is 9.55 Å². The lowest BCUT2D eigenvalue weighted by atomic mass is 10.1. The molecule has 0 aliphatic carbocycles. The lowest BCUT2D eigenvalue weighted by molar-refractivity contribution is 0.738. The zero-order valence-corrected chi connectivity index (χ0v) is 11.7. The summed E-state index contributed by atoms with van der Waals surface area (Å²) in [5.41, 5.74) is 10.0. The number of benzene rings is 1. The van der Waals surface area contributed by atoms with Crippen LogP contribution in [0.5, 0.6) is 0 Å². The van der Waals surface area contributed by atoms with E-state index < -0.39 is 0 Å². The molecule has 3 nitrogen and oxygen atoms in total. The quantitative estimate of drug-likeness (QED) is 0.925. The minimum Gasteiger partial charge on any atom is -0.328 e. The smallest absolute Gasteiger partial charge is 0.0997 e. The molecule has 96 valence electrons. The molecule has 0 radical (unpaired) electrons. The summed E-state index contributed by atoms with van der Waals surface area (Å²) in [5, 5.41) is 0.730. The van der Waals surface area contributed by atoms with Crippen molar-refractivity contribution in [1.29, 1.82) is 0 Å². The molecule has 0 fully saturated rings. The average molecular weight is 264 g/mol. The summed E-state index contributed by atoms with van der Waals surface area (Å²) in [6, 6.07) is 6.21. The largest absolute Gasteiger partial charge is 0.328 e. The molecule has 1 atom stereocenters. The fraction of sp³-hybridized carbons (Fsp3) is 0.357. The van der Waals surface area contributed by atoms with Gasteiger partial charge in [0.1, 0.15) is 0 Å². The Kier molecular flexibility index (Phi) is 3.73. The van der Waals surface area contributed by atoms with Crippen LogP contribution in [0.4, 0.5) is 0 Å². The molecule has 0 saturated heterocycles. The fourth-order valence-electron chi connectivity index (χ4n) is 1.99. The van der Waals surface area contributed by atoms with Crippen molar-refractivity contribution < 1.29 is 0 Å². The van der Waals surface area contributed by atoms with Gasteiger partial charge in [-0.25, -0.2) is 4.98 Å². The van der Waals surface area contributed by atoms with E-state index in [4.69, 9.17) is 17.3 Å². The van der Waals surface area contributed by atoms with Gasteiger partial charge in [-0.05, 0) is 44.9 Å². The number of aryl methyl sites for hydroxylation is 1. The van der Waals surface area contributed by atoms with Crippen LogP contribution in [0, 0.1) is 13.8 Å². The van der Waals surface area contributed by atoms with Crippen LogP contribution in [-0.2, 0) is 6.42 Å². The highest BCUT2D eigenvalue weighted by atomic mass is 35.5. The summed E-state index contributed by atoms with van der Waals surface area (Å²) in [6.45, 7) is 6.02. The normalized spacial score (nSPS) is 12.7. The van der Waals surface area contributed by atoms with Gasteiger partial charge >= 0.3 is 0 Å². The number of hydrogen-bond donors (Lipinski definition) is 1. The third-order valence-electron chi connectivity index (χ3n) is 3.08. The first-order valence-electron chi connectivity index (χ1n) is 6.04. The van der Waals surface area contributed by atoms with Gasteiger partial charge in [0.15, 0.2) is 0 Å². The van der Waals surface area contributed by atoms with Crippen LogP contribution in [0.3, 0.4) is 0 Å². The van der Waals surface area contributed by atoms with Crippen molar-refractivity contribution in [3.63, 3.8) is 0 Å². The Morgan fingerprint density at radius 3 is 2.61 bits per heavy atom. The van der Waals surface area contributed by atoms with Crippen molar-refractivity contribution in [2.45, 2.75) is 33.2 Å². The average Bonchev–Trinajstić information content (AvgIpc) is 2.60. The van der Waals surface area contributed by atoms with Crippen molar-refractivity contribution in [3.8, 4) is 5.69 Å². The third-order valence-corrected chi connectivity index (χ3v) is 3.38. The molecule has 18 heavy (non-hydrogen) atoms. The second kappa shape index (κ2) is 5.12. The second-order valence-electron chi connectivity index (χ2n) is 4.75. The highest BCUT2D eigenvalue weighted by molar-refractivity contribution is 6.32. The number of imidazole rings is 1. The molecule has 4 heteroatoms. The molecule has 0 saturated carbocycles. The summed E-state index contributed by atoms with van der Waals surface area (Å²) >= 11 is 6.34. The number of nitrogens with zero attached hydrogens (tertiary/aromatic N) is 2. The van der Waals surface area contributed by atoms with Gasteiger partial charge < -0.3 is 10.3 Å². The number of nitrogens with two attached hydrogens (primary N) is 1. The Morgan fingerprint density at radius 2 is 2.11 bits per heavy atom. The summed E-state index contributed by atoms with van der Waals surface area (Å²) in [6.07, 6.45) is 2.64. The zero-order chi connectivity index (χ0) is 13.3. The molecule has 1 heterocycles. The molecule has 1 aromatic heterocycles. The molecule has 2 N–H and O–H groups in total. The van der Waals surface area contributed by atoms with Crippen molar-refractivity contribution >= 4 is 11.6 Å². The Bertz CT molecular complexity index is 558. The molecule has 2 rings (SSSR count). The monoisotopic (exact) mass is 263 g/mol. The van der Waals surface area contributed by atoms with Crippen molar-refractivity contribution in [3.05, 3.63) is 46.5 Å². The molecule has 0 spiro atoms. The topological polar surface area (TPSA) is 43.8 Å². The Labute approximate surface area is 113 Å². The van der Waals surface area contributed by atoms with Crippen molar-refractivity contribution in [2.75, 3.05) is 0 Å². The van der Waals surface area contributed by atoms with E-state index in [1.54, 1.807) is 6.33 Å².